The number of anilines is 2. The summed E-state index contributed by atoms with van der Waals surface area (Å²) < 4.78 is 1.87. The zero-order valence-electron chi connectivity index (χ0n) is 26.2. The van der Waals surface area contributed by atoms with Crippen molar-refractivity contribution in [3.05, 3.63) is 170 Å². The number of benzene rings is 5. The van der Waals surface area contributed by atoms with Crippen LogP contribution in [0.1, 0.15) is 26.7 Å². The predicted molar refractivity (Wildman–Crippen MR) is 210 cm³/mol. The van der Waals surface area contributed by atoms with Gasteiger partial charge in [-0.1, -0.05) is 111 Å². The van der Waals surface area contributed by atoms with E-state index < -0.39 is 17.1 Å². The van der Waals surface area contributed by atoms with Crippen molar-refractivity contribution in [1.82, 2.24) is 10.3 Å². The molecule has 0 spiro atoms. The van der Waals surface area contributed by atoms with Gasteiger partial charge >= 0.3 is 0 Å². The molecule has 0 aliphatic heterocycles. The lowest BCUT2D eigenvalue weighted by Gasteiger charge is -2.17. The molecule has 1 heterocycles. The van der Waals surface area contributed by atoms with Crippen LogP contribution in [0.5, 0.6) is 0 Å². The van der Waals surface area contributed by atoms with E-state index in [1.807, 2.05) is 102 Å². The van der Waals surface area contributed by atoms with Crippen LogP contribution in [-0.4, -0.2) is 22.7 Å². The van der Waals surface area contributed by atoms with Crippen LogP contribution in [0.3, 0.4) is 0 Å². The minimum absolute atomic E-state index is 0.0757. The standard InChI is InChI=1S/C39H28Br2N4O3S2/c40-29-18-14-25(15-19-29)22-33(43-36(46)28-10-5-2-6-11-28)37(47)42-31-12-7-13-32(23-31)50-35(27-8-3-1-4-9-27)38(48)45-39-44-34(24-49-39)26-16-20-30(41)21-17-26/h1-24,35H,(H,42,47)(H,43,46)(H,44,45,48)/b33-22-. The van der Waals surface area contributed by atoms with Gasteiger partial charge in [0.05, 0.1) is 5.69 Å². The molecule has 248 valence electrons. The first kappa shape index (κ1) is 35.0. The molecule has 0 radical (unpaired) electrons. The number of carbonyl (C=O) groups excluding carboxylic acids is 3. The Morgan fingerprint density at radius 2 is 1.40 bits per heavy atom. The van der Waals surface area contributed by atoms with E-state index in [1.165, 1.54) is 23.1 Å². The molecule has 3 amide bonds. The van der Waals surface area contributed by atoms with Gasteiger partial charge in [-0.3, -0.25) is 14.4 Å². The highest BCUT2D eigenvalue weighted by Gasteiger charge is 2.24. The molecule has 0 saturated heterocycles. The largest absolute Gasteiger partial charge is 0.321 e. The zero-order valence-corrected chi connectivity index (χ0v) is 31.0. The molecule has 3 N–H and O–H groups in total. The van der Waals surface area contributed by atoms with Gasteiger partial charge < -0.3 is 16.0 Å². The van der Waals surface area contributed by atoms with Gasteiger partial charge in [-0.25, -0.2) is 4.98 Å². The van der Waals surface area contributed by atoms with Crippen LogP contribution >= 0.6 is 55.0 Å². The lowest BCUT2D eigenvalue weighted by Crippen LogP contribution is -2.30. The van der Waals surface area contributed by atoms with Gasteiger partial charge in [0.25, 0.3) is 11.8 Å². The van der Waals surface area contributed by atoms with Crippen LogP contribution in [0, 0.1) is 0 Å². The van der Waals surface area contributed by atoms with Crippen molar-refractivity contribution < 1.29 is 14.4 Å². The van der Waals surface area contributed by atoms with Crippen LogP contribution < -0.4 is 16.0 Å². The summed E-state index contributed by atoms with van der Waals surface area (Å²) in [5, 5.41) is 10.5. The fraction of sp³-hybridized carbons (Fsp3) is 0.0256. The minimum Gasteiger partial charge on any atom is -0.321 e. The van der Waals surface area contributed by atoms with Crippen molar-refractivity contribution in [3.63, 3.8) is 0 Å². The summed E-state index contributed by atoms with van der Waals surface area (Å²) >= 11 is 9.61. The fourth-order valence-corrected chi connectivity index (χ4v) is 7.14. The SMILES string of the molecule is O=C(Nc1cccc(SC(C(=O)Nc2nc(-c3ccc(Br)cc3)cs2)c2ccccc2)c1)/C(=C/c1ccc(Br)cc1)NC(=O)c1ccccc1. The maximum absolute atomic E-state index is 13.8. The van der Waals surface area contributed by atoms with Gasteiger partial charge in [0.1, 0.15) is 10.9 Å². The Morgan fingerprint density at radius 1 is 0.740 bits per heavy atom. The molecular formula is C39H28Br2N4O3S2. The summed E-state index contributed by atoms with van der Waals surface area (Å²) in [6.07, 6.45) is 1.62. The molecule has 0 fully saturated rings. The molecule has 50 heavy (non-hydrogen) atoms. The summed E-state index contributed by atoms with van der Waals surface area (Å²) in [7, 11) is 0. The number of hydrogen-bond acceptors (Lipinski definition) is 6. The first-order valence-electron chi connectivity index (χ1n) is 15.3. The Bertz CT molecular complexity index is 2140. The Labute approximate surface area is 314 Å². The summed E-state index contributed by atoms with van der Waals surface area (Å²) in [6.45, 7) is 0. The van der Waals surface area contributed by atoms with Crippen molar-refractivity contribution in [3.8, 4) is 11.3 Å². The molecule has 0 aliphatic rings. The maximum atomic E-state index is 13.8. The molecular weight excluding hydrogens is 796 g/mol. The second-order valence-corrected chi connectivity index (χ2v) is 14.7. The molecule has 0 saturated carbocycles. The van der Waals surface area contributed by atoms with Crippen LogP contribution in [-0.2, 0) is 9.59 Å². The lowest BCUT2D eigenvalue weighted by molar-refractivity contribution is -0.116. The Morgan fingerprint density at radius 3 is 2.10 bits per heavy atom. The van der Waals surface area contributed by atoms with Crippen molar-refractivity contribution in [2.75, 3.05) is 10.6 Å². The summed E-state index contributed by atoms with van der Waals surface area (Å²) in [5.41, 5.74) is 4.28. The van der Waals surface area contributed by atoms with Crippen molar-refractivity contribution in [1.29, 1.82) is 0 Å². The van der Waals surface area contributed by atoms with Crippen molar-refractivity contribution in [2.45, 2.75) is 10.1 Å². The number of halogens is 2. The van der Waals surface area contributed by atoms with Crippen molar-refractivity contribution >= 4 is 89.6 Å². The summed E-state index contributed by atoms with van der Waals surface area (Å²) in [6, 6.07) is 40.7. The number of nitrogens with zero attached hydrogens (tertiary/aromatic N) is 1. The highest BCUT2D eigenvalue weighted by molar-refractivity contribution is 9.10. The van der Waals surface area contributed by atoms with Crippen molar-refractivity contribution in [2.24, 2.45) is 0 Å². The van der Waals surface area contributed by atoms with E-state index in [0.29, 0.717) is 16.4 Å². The molecule has 1 atom stereocenters. The topological polar surface area (TPSA) is 100 Å². The molecule has 1 aromatic heterocycles. The van der Waals surface area contributed by atoms with E-state index in [-0.39, 0.29) is 11.6 Å². The molecule has 6 aromatic rings. The third-order valence-electron chi connectivity index (χ3n) is 7.27. The van der Waals surface area contributed by atoms with Crippen LogP contribution in [0.4, 0.5) is 10.8 Å². The van der Waals surface area contributed by atoms with E-state index in [0.717, 1.165) is 36.2 Å². The van der Waals surface area contributed by atoms with Crippen LogP contribution in [0.15, 0.2) is 158 Å². The van der Waals surface area contributed by atoms with Gasteiger partial charge in [0.2, 0.25) is 5.91 Å². The molecule has 11 heteroatoms. The highest BCUT2D eigenvalue weighted by Crippen LogP contribution is 2.38. The predicted octanol–water partition coefficient (Wildman–Crippen LogP) is 10.2. The average Bonchev–Trinajstić information content (AvgIpc) is 3.60. The van der Waals surface area contributed by atoms with Gasteiger partial charge in [0.15, 0.2) is 5.13 Å². The Balaban J connectivity index is 1.20. The summed E-state index contributed by atoms with van der Waals surface area (Å²) in [5.74, 6) is -1.13. The number of hydrogen-bond donors (Lipinski definition) is 3. The number of amides is 3. The molecule has 6 rings (SSSR count). The van der Waals surface area contributed by atoms with Gasteiger partial charge in [-0.2, -0.15) is 0 Å². The maximum Gasteiger partial charge on any atom is 0.272 e. The Kier molecular flexibility index (Phi) is 11.7. The van der Waals surface area contributed by atoms with Gasteiger partial charge in [-0.05, 0) is 71.8 Å². The third-order valence-corrected chi connectivity index (χ3v) is 10.3. The Hall–Kier alpha value is -4.81. The van der Waals surface area contributed by atoms with Crippen LogP contribution in [0.25, 0.3) is 17.3 Å². The quantitative estimate of drug-likeness (QED) is 0.0893. The first-order valence-corrected chi connectivity index (χ1v) is 18.6. The molecule has 0 bridgehead atoms. The molecule has 1 unspecified atom stereocenters. The zero-order chi connectivity index (χ0) is 34.9. The molecule has 5 aromatic carbocycles. The number of thioether (sulfide) groups is 1. The molecule has 7 nitrogen and oxygen atoms in total. The average molecular weight is 825 g/mol. The number of aromatic nitrogens is 1. The van der Waals surface area contributed by atoms with Crippen LogP contribution in [0.2, 0.25) is 0 Å². The lowest BCUT2D eigenvalue weighted by atomic mass is 10.1. The van der Waals surface area contributed by atoms with E-state index in [1.54, 1.807) is 42.5 Å². The first-order chi connectivity index (χ1) is 24.3. The highest BCUT2D eigenvalue weighted by atomic mass is 79.9. The third kappa shape index (κ3) is 9.45. The van der Waals surface area contributed by atoms with Gasteiger partial charge in [-0.15, -0.1) is 23.1 Å². The second kappa shape index (κ2) is 16.7. The number of carbonyl (C=O) groups is 3. The fourth-order valence-electron chi connectivity index (χ4n) is 4.81. The van der Waals surface area contributed by atoms with E-state index >= 15 is 0 Å². The van der Waals surface area contributed by atoms with E-state index in [2.05, 4.69) is 52.8 Å². The molecule has 0 aliphatic carbocycles. The van der Waals surface area contributed by atoms with E-state index in [9.17, 15) is 14.4 Å². The van der Waals surface area contributed by atoms with E-state index in [4.69, 9.17) is 0 Å². The monoisotopic (exact) mass is 822 g/mol. The number of thiazole rings is 1. The van der Waals surface area contributed by atoms with Gasteiger partial charge in [0, 0.05) is 36.0 Å². The number of rotatable bonds is 11. The minimum atomic E-state index is -0.611. The summed E-state index contributed by atoms with van der Waals surface area (Å²) in [4.78, 5) is 45.9. The normalized spacial score (nSPS) is 11.8. The number of nitrogens with one attached hydrogen (secondary N) is 3. The second-order valence-electron chi connectivity index (χ2n) is 10.9. The smallest absolute Gasteiger partial charge is 0.272 e.